The van der Waals surface area contributed by atoms with Crippen LogP contribution in [0.5, 0.6) is 0 Å². The zero-order valence-electron chi connectivity index (χ0n) is 10.2. The quantitative estimate of drug-likeness (QED) is 0.561. The van der Waals surface area contributed by atoms with Crippen LogP contribution in [-0.2, 0) is 12.4 Å². The van der Waals surface area contributed by atoms with Gasteiger partial charge in [0.25, 0.3) is 0 Å². The van der Waals surface area contributed by atoms with Crippen molar-refractivity contribution in [1.29, 1.82) is 0 Å². The summed E-state index contributed by atoms with van der Waals surface area (Å²) >= 11 is 5.69. The molecule has 2 aromatic rings. The van der Waals surface area contributed by atoms with Crippen LogP contribution < -0.4 is 0 Å². The van der Waals surface area contributed by atoms with Gasteiger partial charge in [-0.3, -0.25) is 0 Å². The molecule has 0 nitrogen and oxygen atoms in total. The molecule has 21 heavy (non-hydrogen) atoms. The van der Waals surface area contributed by atoms with Crippen LogP contribution in [0.1, 0.15) is 11.1 Å². The first-order chi connectivity index (χ1) is 9.60. The Bertz CT molecular complexity index is 657. The summed E-state index contributed by atoms with van der Waals surface area (Å²) in [6.07, 6.45) is -9.25. The largest absolute Gasteiger partial charge is 0.417 e. The lowest BCUT2D eigenvalue weighted by atomic mass is 10.0. The second-order valence-electron chi connectivity index (χ2n) is 4.24. The van der Waals surface area contributed by atoms with Gasteiger partial charge >= 0.3 is 12.4 Å². The Balaban J connectivity index is 2.58. The summed E-state index contributed by atoms with van der Waals surface area (Å²) in [5, 5.41) is -0.621. The van der Waals surface area contributed by atoms with Crippen LogP contribution in [0.2, 0.25) is 5.02 Å². The molecule has 0 fully saturated rings. The van der Waals surface area contributed by atoms with Crippen molar-refractivity contribution in [3.05, 3.63) is 58.6 Å². The standard InChI is InChI=1S/C14H7ClF6/c15-12-10(5-2-6-11(12)14(19,20)21)8-3-1-4-9(7-8)13(16,17)18/h1-7H. The van der Waals surface area contributed by atoms with E-state index in [1.165, 1.54) is 12.1 Å². The maximum atomic E-state index is 12.7. The van der Waals surface area contributed by atoms with Gasteiger partial charge in [0.1, 0.15) is 0 Å². The molecule has 0 aliphatic rings. The van der Waals surface area contributed by atoms with Crippen molar-refractivity contribution in [3.8, 4) is 11.1 Å². The fraction of sp³-hybridized carbons (Fsp3) is 0.143. The van der Waals surface area contributed by atoms with E-state index in [1.54, 1.807) is 0 Å². The third kappa shape index (κ3) is 3.32. The molecule has 0 bridgehead atoms. The average molecular weight is 325 g/mol. The Morgan fingerprint density at radius 1 is 0.762 bits per heavy atom. The van der Waals surface area contributed by atoms with Gasteiger partial charge in [0, 0.05) is 5.56 Å². The zero-order chi connectivity index (χ0) is 15.8. The minimum atomic E-state index is -4.67. The van der Waals surface area contributed by atoms with Gasteiger partial charge in [-0.05, 0) is 23.8 Å². The Kier molecular flexibility index (Phi) is 3.93. The van der Waals surface area contributed by atoms with Crippen LogP contribution in [0.3, 0.4) is 0 Å². The topological polar surface area (TPSA) is 0 Å². The Morgan fingerprint density at radius 2 is 1.38 bits per heavy atom. The molecule has 112 valence electrons. The van der Waals surface area contributed by atoms with Crippen molar-refractivity contribution in [2.75, 3.05) is 0 Å². The summed E-state index contributed by atoms with van der Waals surface area (Å²) in [5.41, 5.74) is -2.16. The number of hydrogen-bond donors (Lipinski definition) is 0. The first-order valence-corrected chi connectivity index (χ1v) is 6.02. The van der Waals surface area contributed by atoms with E-state index >= 15 is 0 Å². The van der Waals surface area contributed by atoms with Crippen molar-refractivity contribution in [2.45, 2.75) is 12.4 Å². The fourth-order valence-electron chi connectivity index (χ4n) is 1.84. The lowest BCUT2D eigenvalue weighted by molar-refractivity contribution is -0.138. The molecule has 0 atom stereocenters. The summed E-state index contributed by atoms with van der Waals surface area (Å²) in [5.74, 6) is 0. The highest BCUT2D eigenvalue weighted by atomic mass is 35.5. The summed E-state index contributed by atoms with van der Waals surface area (Å²) in [6.45, 7) is 0. The minimum Gasteiger partial charge on any atom is -0.166 e. The molecule has 2 aromatic carbocycles. The number of benzene rings is 2. The highest BCUT2D eigenvalue weighted by molar-refractivity contribution is 6.34. The monoisotopic (exact) mass is 324 g/mol. The van der Waals surface area contributed by atoms with Gasteiger partial charge in [0.2, 0.25) is 0 Å². The molecule has 0 N–H and O–H groups in total. The highest BCUT2D eigenvalue weighted by Gasteiger charge is 2.34. The molecule has 0 aliphatic heterocycles. The maximum absolute atomic E-state index is 12.7. The van der Waals surface area contributed by atoms with E-state index in [0.717, 1.165) is 30.3 Å². The van der Waals surface area contributed by atoms with Crippen LogP contribution in [-0.4, -0.2) is 0 Å². The van der Waals surface area contributed by atoms with Crippen molar-refractivity contribution in [1.82, 2.24) is 0 Å². The second kappa shape index (κ2) is 5.26. The predicted octanol–water partition coefficient (Wildman–Crippen LogP) is 6.04. The van der Waals surface area contributed by atoms with Gasteiger partial charge in [0.05, 0.1) is 16.1 Å². The normalized spacial score (nSPS) is 12.5. The van der Waals surface area contributed by atoms with E-state index in [1.807, 2.05) is 0 Å². The van der Waals surface area contributed by atoms with E-state index in [9.17, 15) is 26.3 Å². The molecular formula is C14H7ClF6. The van der Waals surface area contributed by atoms with E-state index in [0.29, 0.717) is 0 Å². The van der Waals surface area contributed by atoms with E-state index in [4.69, 9.17) is 11.6 Å². The molecule has 0 radical (unpaired) electrons. The van der Waals surface area contributed by atoms with Crippen molar-refractivity contribution in [2.24, 2.45) is 0 Å². The molecule has 0 unspecified atom stereocenters. The van der Waals surface area contributed by atoms with Gasteiger partial charge in [-0.2, -0.15) is 26.3 Å². The predicted molar refractivity (Wildman–Crippen MR) is 66.9 cm³/mol. The molecule has 0 aromatic heterocycles. The molecule has 7 heteroatoms. The summed E-state index contributed by atoms with van der Waals surface area (Å²) < 4.78 is 76.2. The van der Waals surface area contributed by atoms with Gasteiger partial charge in [-0.25, -0.2) is 0 Å². The lowest BCUT2D eigenvalue weighted by Crippen LogP contribution is -2.07. The first-order valence-electron chi connectivity index (χ1n) is 5.64. The van der Waals surface area contributed by atoms with Gasteiger partial charge in [0.15, 0.2) is 0 Å². The molecule has 0 saturated carbocycles. The third-order valence-electron chi connectivity index (χ3n) is 2.81. The number of alkyl halides is 6. The maximum Gasteiger partial charge on any atom is 0.417 e. The van der Waals surface area contributed by atoms with Crippen LogP contribution >= 0.6 is 11.6 Å². The van der Waals surface area contributed by atoms with Crippen LogP contribution in [0.25, 0.3) is 11.1 Å². The van der Waals surface area contributed by atoms with Crippen LogP contribution in [0.15, 0.2) is 42.5 Å². The Labute approximate surface area is 121 Å². The fourth-order valence-corrected chi connectivity index (χ4v) is 2.18. The van der Waals surface area contributed by atoms with E-state index in [2.05, 4.69) is 0 Å². The van der Waals surface area contributed by atoms with Crippen molar-refractivity contribution < 1.29 is 26.3 Å². The molecule has 0 aliphatic carbocycles. The lowest BCUT2D eigenvalue weighted by Gasteiger charge is -2.14. The molecule has 0 heterocycles. The smallest absolute Gasteiger partial charge is 0.166 e. The number of rotatable bonds is 1. The number of hydrogen-bond acceptors (Lipinski definition) is 0. The van der Waals surface area contributed by atoms with E-state index in [-0.39, 0.29) is 11.1 Å². The van der Waals surface area contributed by atoms with E-state index < -0.39 is 28.5 Å². The Morgan fingerprint density at radius 3 is 1.95 bits per heavy atom. The Hall–Kier alpha value is -1.69. The van der Waals surface area contributed by atoms with Crippen LogP contribution in [0.4, 0.5) is 26.3 Å². The summed E-state index contributed by atoms with van der Waals surface area (Å²) in [7, 11) is 0. The molecule has 2 rings (SSSR count). The minimum absolute atomic E-state index is 0.0269. The zero-order valence-corrected chi connectivity index (χ0v) is 10.9. The molecule has 0 spiro atoms. The second-order valence-corrected chi connectivity index (χ2v) is 4.62. The van der Waals surface area contributed by atoms with Gasteiger partial charge in [-0.15, -0.1) is 0 Å². The molecule has 0 saturated heterocycles. The van der Waals surface area contributed by atoms with Gasteiger partial charge < -0.3 is 0 Å². The van der Waals surface area contributed by atoms with Gasteiger partial charge in [-0.1, -0.05) is 35.9 Å². The highest BCUT2D eigenvalue weighted by Crippen LogP contribution is 2.40. The van der Waals surface area contributed by atoms with Crippen LogP contribution in [0, 0.1) is 0 Å². The molecular weight excluding hydrogens is 318 g/mol. The first kappa shape index (κ1) is 15.7. The third-order valence-corrected chi connectivity index (χ3v) is 3.21. The average Bonchev–Trinajstić information content (AvgIpc) is 2.37. The number of halogens is 7. The van der Waals surface area contributed by atoms with Crippen molar-refractivity contribution in [3.63, 3.8) is 0 Å². The summed E-state index contributed by atoms with van der Waals surface area (Å²) in [4.78, 5) is 0. The SMILES string of the molecule is FC(F)(F)c1cccc(-c2cccc(C(F)(F)F)c2Cl)c1. The summed E-state index contributed by atoms with van der Waals surface area (Å²) in [6, 6.07) is 7.12. The van der Waals surface area contributed by atoms with Crippen molar-refractivity contribution >= 4 is 11.6 Å². The molecule has 0 amide bonds.